The van der Waals surface area contributed by atoms with E-state index >= 15 is 0 Å². The molecule has 3 heterocycles. The van der Waals surface area contributed by atoms with Gasteiger partial charge >= 0.3 is 0 Å². The van der Waals surface area contributed by atoms with Crippen molar-refractivity contribution < 1.29 is 18.5 Å². The molecular formula is C22H24FN3O3. The molecule has 152 valence electrons. The summed E-state index contributed by atoms with van der Waals surface area (Å²) < 4.78 is 18.8. The van der Waals surface area contributed by atoms with E-state index in [0.29, 0.717) is 24.7 Å². The van der Waals surface area contributed by atoms with Crippen LogP contribution in [0.4, 0.5) is 4.39 Å². The molecule has 29 heavy (non-hydrogen) atoms. The zero-order valence-electron chi connectivity index (χ0n) is 16.4. The molecular weight excluding hydrogens is 373 g/mol. The van der Waals surface area contributed by atoms with E-state index in [1.54, 1.807) is 25.1 Å². The monoisotopic (exact) mass is 397 g/mol. The Kier molecular flexibility index (Phi) is 4.41. The average molecular weight is 397 g/mol. The van der Waals surface area contributed by atoms with Gasteiger partial charge in [-0.15, -0.1) is 0 Å². The number of nitrogens with zero attached hydrogens (tertiary/aromatic N) is 3. The number of hydrogen-bond acceptors (Lipinski definition) is 4. The number of aromatic nitrogens is 1. The van der Waals surface area contributed by atoms with Crippen LogP contribution in [0, 0.1) is 5.82 Å². The van der Waals surface area contributed by atoms with Gasteiger partial charge in [-0.2, -0.15) is 0 Å². The molecule has 0 radical (unpaired) electrons. The van der Waals surface area contributed by atoms with Gasteiger partial charge in [-0.3, -0.25) is 9.59 Å². The molecule has 6 nitrogen and oxygen atoms in total. The van der Waals surface area contributed by atoms with E-state index in [1.165, 1.54) is 12.1 Å². The highest BCUT2D eigenvalue weighted by Gasteiger charge is 2.50. The van der Waals surface area contributed by atoms with Crippen molar-refractivity contribution in [2.45, 2.75) is 56.5 Å². The Hall–Kier alpha value is -2.70. The molecule has 0 unspecified atom stereocenters. The number of rotatable bonds is 3. The van der Waals surface area contributed by atoms with Gasteiger partial charge in [-0.25, -0.2) is 4.39 Å². The summed E-state index contributed by atoms with van der Waals surface area (Å²) in [5.74, 6) is 0.699. The first kappa shape index (κ1) is 18.3. The molecule has 0 spiro atoms. The van der Waals surface area contributed by atoms with Crippen molar-refractivity contribution in [1.82, 2.24) is 15.0 Å². The van der Waals surface area contributed by atoms with Crippen LogP contribution < -0.4 is 0 Å². The summed E-state index contributed by atoms with van der Waals surface area (Å²) in [4.78, 5) is 29.4. The number of carbonyl (C=O) groups is 2. The fourth-order valence-electron chi connectivity index (χ4n) is 4.99. The topological polar surface area (TPSA) is 66.7 Å². The van der Waals surface area contributed by atoms with E-state index in [1.807, 2.05) is 9.80 Å². The zero-order valence-corrected chi connectivity index (χ0v) is 16.4. The van der Waals surface area contributed by atoms with Gasteiger partial charge in [0.15, 0.2) is 5.69 Å². The summed E-state index contributed by atoms with van der Waals surface area (Å²) in [6.45, 7) is 2.75. The number of hydrogen-bond donors (Lipinski definition) is 0. The fourth-order valence-corrected chi connectivity index (χ4v) is 4.99. The van der Waals surface area contributed by atoms with Crippen LogP contribution >= 0.6 is 0 Å². The van der Waals surface area contributed by atoms with Crippen molar-refractivity contribution in [3.63, 3.8) is 0 Å². The summed E-state index contributed by atoms with van der Waals surface area (Å²) in [7, 11) is 0. The van der Waals surface area contributed by atoms with Crippen LogP contribution in [0.1, 0.15) is 66.3 Å². The summed E-state index contributed by atoms with van der Waals surface area (Å²) in [5.41, 5.74) is 1.29. The van der Waals surface area contributed by atoms with Gasteiger partial charge in [0.2, 0.25) is 5.91 Å². The molecule has 2 aromatic rings. The number of piperidine rings is 1. The van der Waals surface area contributed by atoms with Gasteiger partial charge in [0, 0.05) is 37.9 Å². The number of likely N-dealkylation sites (tertiary alicyclic amines) is 2. The van der Waals surface area contributed by atoms with Crippen molar-refractivity contribution in [2.24, 2.45) is 0 Å². The Morgan fingerprint density at radius 3 is 2.59 bits per heavy atom. The predicted molar refractivity (Wildman–Crippen MR) is 103 cm³/mol. The first-order valence-electron chi connectivity index (χ1n) is 10.3. The molecule has 5 rings (SSSR count). The van der Waals surface area contributed by atoms with E-state index in [4.69, 9.17) is 4.52 Å². The van der Waals surface area contributed by atoms with E-state index in [2.05, 4.69) is 5.16 Å². The molecule has 1 saturated carbocycles. The second kappa shape index (κ2) is 6.97. The molecule has 2 amide bonds. The third kappa shape index (κ3) is 3.22. The maximum atomic E-state index is 13.5. The minimum Gasteiger partial charge on any atom is -0.360 e. The minimum atomic E-state index is -0.293. The van der Waals surface area contributed by atoms with Gasteiger partial charge in [0.1, 0.15) is 11.6 Å². The lowest BCUT2D eigenvalue weighted by Gasteiger charge is -2.41. The summed E-state index contributed by atoms with van der Waals surface area (Å²) in [6, 6.07) is 8.00. The van der Waals surface area contributed by atoms with Crippen LogP contribution in [0.15, 0.2) is 34.9 Å². The van der Waals surface area contributed by atoms with Gasteiger partial charge in [0.05, 0.1) is 12.1 Å². The lowest BCUT2D eigenvalue weighted by Crippen LogP contribution is -2.53. The summed E-state index contributed by atoms with van der Waals surface area (Å²) in [5, 5.41) is 4.03. The van der Waals surface area contributed by atoms with Gasteiger partial charge in [-0.05, 0) is 43.4 Å². The molecule has 3 fully saturated rings. The van der Waals surface area contributed by atoms with E-state index < -0.39 is 0 Å². The number of halogens is 1. The van der Waals surface area contributed by atoms with Gasteiger partial charge in [0.25, 0.3) is 5.91 Å². The molecule has 3 atom stereocenters. The maximum absolute atomic E-state index is 13.5. The molecule has 0 bridgehead atoms. The first-order valence-corrected chi connectivity index (χ1v) is 10.3. The van der Waals surface area contributed by atoms with Crippen LogP contribution in [0.3, 0.4) is 0 Å². The van der Waals surface area contributed by atoms with E-state index in [-0.39, 0.29) is 35.6 Å². The molecule has 1 aliphatic carbocycles. The van der Waals surface area contributed by atoms with Crippen molar-refractivity contribution in [3.05, 3.63) is 53.2 Å². The van der Waals surface area contributed by atoms with Crippen LogP contribution in [-0.2, 0) is 4.79 Å². The Morgan fingerprint density at radius 2 is 1.90 bits per heavy atom. The maximum Gasteiger partial charge on any atom is 0.276 e. The minimum absolute atomic E-state index is 0.0126. The van der Waals surface area contributed by atoms with E-state index in [0.717, 1.165) is 37.0 Å². The first-order chi connectivity index (χ1) is 14.0. The standard InChI is InChI=1S/C22H24FN3O3/c1-13(27)25-10-2-3-19-21(25)17(14-6-8-16(23)9-7-14)12-26(19)22(28)18-11-20(29-24-18)15-4-5-15/h6-9,11,15,17,19,21H,2-5,10,12H2,1H3/t17-,19-,21-/m1/s1. The highest BCUT2D eigenvalue weighted by molar-refractivity contribution is 5.93. The van der Waals surface area contributed by atoms with Gasteiger partial charge in [-0.1, -0.05) is 17.3 Å². The number of amides is 2. The summed E-state index contributed by atoms with van der Waals surface area (Å²) in [6.07, 6.45) is 3.85. The quantitative estimate of drug-likeness (QED) is 0.797. The molecule has 1 aromatic heterocycles. The van der Waals surface area contributed by atoms with Crippen LogP contribution in [0.2, 0.25) is 0 Å². The summed E-state index contributed by atoms with van der Waals surface area (Å²) >= 11 is 0. The molecule has 1 aromatic carbocycles. The molecule has 2 aliphatic heterocycles. The Bertz CT molecular complexity index is 937. The van der Waals surface area contributed by atoms with Crippen molar-refractivity contribution in [3.8, 4) is 0 Å². The largest absolute Gasteiger partial charge is 0.360 e. The lowest BCUT2D eigenvalue weighted by molar-refractivity contribution is -0.133. The highest BCUT2D eigenvalue weighted by Crippen LogP contribution is 2.42. The highest BCUT2D eigenvalue weighted by atomic mass is 19.1. The van der Waals surface area contributed by atoms with E-state index in [9.17, 15) is 14.0 Å². The normalized spacial score (nSPS) is 26.5. The van der Waals surface area contributed by atoms with Crippen molar-refractivity contribution in [2.75, 3.05) is 13.1 Å². The Balaban J connectivity index is 1.48. The van der Waals surface area contributed by atoms with Crippen molar-refractivity contribution in [1.29, 1.82) is 0 Å². The number of carbonyl (C=O) groups excluding carboxylic acids is 2. The molecule has 3 aliphatic rings. The Labute approximate surface area is 168 Å². The molecule has 0 N–H and O–H groups in total. The second-order valence-corrected chi connectivity index (χ2v) is 8.42. The average Bonchev–Trinajstić information content (AvgIpc) is 3.32. The smallest absolute Gasteiger partial charge is 0.276 e. The van der Waals surface area contributed by atoms with Gasteiger partial charge < -0.3 is 14.3 Å². The van der Waals surface area contributed by atoms with Crippen LogP contribution in [0.5, 0.6) is 0 Å². The Morgan fingerprint density at radius 1 is 1.14 bits per heavy atom. The van der Waals surface area contributed by atoms with Crippen molar-refractivity contribution >= 4 is 11.8 Å². The molecule has 2 saturated heterocycles. The fraction of sp³-hybridized carbons (Fsp3) is 0.500. The van der Waals surface area contributed by atoms with Crippen LogP contribution in [-0.4, -0.2) is 51.9 Å². The number of benzene rings is 1. The number of fused-ring (bicyclic) bond motifs is 1. The van der Waals surface area contributed by atoms with Crippen LogP contribution in [0.25, 0.3) is 0 Å². The third-order valence-electron chi connectivity index (χ3n) is 6.55. The zero-order chi connectivity index (χ0) is 20.1. The second-order valence-electron chi connectivity index (χ2n) is 8.42. The molecule has 7 heteroatoms. The lowest BCUT2D eigenvalue weighted by atomic mass is 9.86. The predicted octanol–water partition coefficient (Wildman–Crippen LogP) is 3.31. The SMILES string of the molecule is CC(=O)N1CCC[C@@H]2[C@H]1[C@@H](c1ccc(F)cc1)CN2C(=O)c1cc(C2CC2)on1. The third-order valence-corrected chi connectivity index (χ3v) is 6.55.